The van der Waals surface area contributed by atoms with Crippen LogP contribution in [0.1, 0.15) is 16.7 Å². The van der Waals surface area contributed by atoms with Crippen LogP contribution in [-0.2, 0) is 19.8 Å². The molecule has 5 heteroatoms. The summed E-state index contributed by atoms with van der Waals surface area (Å²) >= 11 is 0. The van der Waals surface area contributed by atoms with E-state index in [0.717, 1.165) is 16.7 Å². The minimum absolute atomic E-state index is 0.106. The predicted octanol–water partition coefficient (Wildman–Crippen LogP) is 4.29. The van der Waals surface area contributed by atoms with E-state index in [1.165, 1.54) is 11.1 Å². The van der Waals surface area contributed by atoms with Crippen LogP contribution < -0.4 is 15.3 Å². The molecule has 140 valence electrons. The van der Waals surface area contributed by atoms with Crippen LogP contribution in [-0.4, -0.2) is 12.1 Å². The fraction of sp³-hybridized carbons (Fsp3) is 0.182. The fourth-order valence-electron chi connectivity index (χ4n) is 2.72. The summed E-state index contributed by atoms with van der Waals surface area (Å²) in [5.74, 6) is 5.82. The number of halogens is 1. The summed E-state index contributed by atoms with van der Waals surface area (Å²) < 4.78 is 26.3. The second-order valence-electron chi connectivity index (χ2n) is 6.33. The van der Waals surface area contributed by atoms with Crippen LogP contribution in [0.25, 0.3) is 0 Å². The molecule has 4 nitrogen and oxygen atoms in total. The van der Waals surface area contributed by atoms with E-state index in [9.17, 15) is 4.39 Å². The van der Waals surface area contributed by atoms with Crippen LogP contribution in [0.3, 0.4) is 0 Å². The smallest absolute Gasteiger partial charge is 0.197 e. The van der Waals surface area contributed by atoms with Crippen molar-refractivity contribution in [3.63, 3.8) is 0 Å². The van der Waals surface area contributed by atoms with Gasteiger partial charge in [0.05, 0.1) is 0 Å². The van der Waals surface area contributed by atoms with Crippen LogP contribution >= 0.6 is 0 Å². The summed E-state index contributed by atoms with van der Waals surface area (Å²) in [5, 5.41) is 1.52. The average Bonchev–Trinajstić information content (AvgIpc) is 2.68. The number of nitrogens with zero attached hydrogens (tertiary/aromatic N) is 1. The standard InChI is InChI=1S/C22H23FN2O2/c1-25(24)14-19-12-13-20(23)22(27-16-18-10-6-3-7-11-18)21(19)26-15-17-8-4-2-5-9-17/h2-13H,14-16,24H2,1H3. The summed E-state index contributed by atoms with van der Waals surface area (Å²) in [4.78, 5) is 0. The van der Waals surface area contributed by atoms with Crippen molar-refractivity contribution in [3.8, 4) is 11.5 Å². The lowest BCUT2D eigenvalue weighted by molar-refractivity contribution is 0.238. The Bertz CT molecular complexity index is 855. The molecule has 0 heterocycles. The zero-order chi connectivity index (χ0) is 19.1. The zero-order valence-corrected chi connectivity index (χ0v) is 15.3. The molecule has 0 unspecified atom stereocenters. The fourth-order valence-corrected chi connectivity index (χ4v) is 2.72. The molecule has 3 rings (SSSR count). The Hall–Kier alpha value is -2.89. The number of benzene rings is 3. The Kier molecular flexibility index (Phi) is 6.41. The number of nitrogens with two attached hydrogens (primary N) is 1. The second-order valence-corrected chi connectivity index (χ2v) is 6.33. The molecule has 0 aliphatic rings. The van der Waals surface area contributed by atoms with E-state index in [1.54, 1.807) is 13.1 Å². The Labute approximate surface area is 158 Å². The summed E-state index contributed by atoms with van der Waals surface area (Å²) in [5.41, 5.74) is 2.70. The zero-order valence-electron chi connectivity index (χ0n) is 15.3. The van der Waals surface area contributed by atoms with E-state index < -0.39 is 5.82 Å². The van der Waals surface area contributed by atoms with Crippen LogP contribution in [0.4, 0.5) is 4.39 Å². The molecule has 3 aromatic rings. The Balaban J connectivity index is 1.86. The maximum atomic E-state index is 14.5. The van der Waals surface area contributed by atoms with Gasteiger partial charge in [-0.25, -0.2) is 9.40 Å². The van der Waals surface area contributed by atoms with Gasteiger partial charge in [-0.3, -0.25) is 5.84 Å². The third-order valence-electron chi connectivity index (χ3n) is 4.02. The van der Waals surface area contributed by atoms with E-state index >= 15 is 0 Å². The van der Waals surface area contributed by atoms with Crippen molar-refractivity contribution < 1.29 is 13.9 Å². The van der Waals surface area contributed by atoms with Gasteiger partial charge in [-0.2, -0.15) is 0 Å². The molecule has 0 aromatic heterocycles. The van der Waals surface area contributed by atoms with Crippen LogP contribution in [0.15, 0.2) is 72.8 Å². The van der Waals surface area contributed by atoms with Gasteiger partial charge >= 0.3 is 0 Å². The predicted molar refractivity (Wildman–Crippen MR) is 104 cm³/mol. The monoisotopic (exact) mass is 366 g/mol. The van der Waals surface area contributed by atoms with Gasteiger partial charge < -0.3 is 9.47 Å². The van der Waals surface area contributed by atoms with E-state index in [0.29, 0.717) is 18.9 Å². The van der Waals surface area contributed by atoms with E-state index in [1.807, 2.05) is 60.7 Å². The Morgan fingerprint density at radius 3 is 1.81 bits per heavy atom. The average molecular weight is 366 g/mol. The molecule has 0 saturated heterocycles. The van der Waals surface area contributed by atoms with Crippen molar-refractivity contribution in [2.24, 2.45) is 5.84 Å². The maximum absolute atomic E-state index is 14.5. The van der Waals surface area contributed by atoms with Gasteiger partial charge in [0.1, 0.15) is 13.2 Å². The highest BCUT2D eigenvalue weighted by molar-refractivity contribution is 5.48. The molecule has 0 radical (unpaired) electrons. The quantitative estimate of drug-likeness (QED) is 0.477. The summed E-state index contributed by atoms with van der Waals surface area (Å²) in [6.45, 7) is 0.973. The summed E-state index contributed by atoms with van der Waals surface area (Å²) in [6.07, 6.45) is 0. The number of ether oxygens (including phenoxy) is 2. The summed E-state index contributed by atoms with van der Waals surface area (Å²) in [6, 6.07) is 22.4. The highest BCUT2D eigenvalue weighted by Crippen LogP contribution is 2.36. The van der Waals surface area contributed by atoms with Gasteiger partial charge in [0.2, 0.25) is 0 Å². The van der Waals surface area contributed by atoms with E-state index in [4.69, 9.17) is 15.3 Å². The molecule has 27 heavy (non-hydrogen) atoms. The minimum atomic E-state index is -0.461. The number of hydrazine groups is 1. The minimum Gasteiger partial charge on any atom is -0.485 e. The van der Waals surface area contributed by atoms with Gasteiger partial charge in [-0.15, -0.1) is 0 Å². The number of rotatable bonds is 8. The lowest BCUT2D eigenvalue weighted by atomic mass is 10.1. The molecule has 2 N–H and O–H groups in total. The maximum Gasteiger partial charge on any atom is 0.197 e. The van der Waals surface area contributed by atoms with Crippen molar-refractivity contribution in [1.82, 2.24) is 5.01 Å². The van der Waals surface area contributed by atoms with Crippen molar-refractivity contribution in [3.05, 3.63) is 95.3 Å². The normalized spacial score (nSPS) is 10.8. The first-order chi connectivity index (χ1) is 13.1. The molecule has 0 spiro atoms. The Morgan fingerprint density at radius 1 is 0.778 bits per heavy atom. The topological polar surface area (TPSA) is 47.7 Å². The molecule has 0 saturated carbocycles. The van der Waals surface area contributed by atoms with E-state index in [-0.39, 0.29) is 12.4 Å². The van der Waals surface area contributed by atoms with Crippen molar-refractivity contribution >= 4 is 0 Å². The first-order valence-corrected chi connectivity index (χ1v) is 8.74. The lowest BCUT2D eigenvalue weighted by Crippen LogP contribution is -2.25. The molecule has 0 bridgehead atoms. The van der Waals surface area contributed by atoms with Crippen molar-refractivity contribution in [2.75, 3.05) is 7.05 Å². The molecular weight excluding hydrogens is 343 g/mol. The SMILES string of the molecule is CN(N)Cc1ccc(F)c(OCc2ccccc2)c1OCc1ccccc1. The van der Waals surface area contributed by atoms with Crippen LogP contribution in [0.2, 0.25) is 0 Å². The number of hydrogen-bond acceptors (Lipinski definition) is 4. The highest BCUT2D eigenvalue weighted by atomic mass is 19.1. The highest BCUT2D eigenvalue weighted by Gasteiger charge is 2.18. The van der Waals surface area contributed by atoms with Crippen LogP contribution in [0.5, 0.6) is 11.5 Å². The molecule has 0 aliphatic heterocycles. The second kappa shape index (κ2) is 9.16. The van der Waals surface area contributed by atoms with Gasteiger partial charge in [-0.05, 0) is 17.2 Å². The van der Waals surface area contributed by atoms with Gasteiger partial charge in [0, 0.05) is 19.2 Å². The molecular formula is C22H23FN2O2. The Morgan fingerprint density at radius 2 is 1.30 bits per heavy atom. The lowest BCUT2D eigenvalue weighted by Gasteiger charge is -2.19. The molecule has 3 aromatic carbocycles. The third-order valence-corrected chi connectivity index (χ3v) is 4.02. The van der Waals surface area contributed by atoms with Gasteiger partial charge in [-0.1, -0.05) is 66.7 Å². The van der Waals surface area contributed by atoms with Crippen molar-refractivity contribution in [2.45, 2.75) is 19.8 Å². The summed E-state index contributed by atoms with van der Waals surface area (Å²) in [7, 11) is 1.74. The van der Waals surface area contributed by atoms with Crippen LogP contribution in [0, 0.1) is 5.82 Å². The first kappa shape index (κ1) is 18.9. The molecule has 0 amide bonds. The molecule has 0 atom stereocenters. The number of hydrogen-bond donors (Lipinski definition) is 1. The van der Waals surface area contributed by atoms with Crippen molar-refractivity contribution in [1.29, 1.82) is 0 Å². The molecule has 0 aliphatic carbocycles. The first-order valence-electron chi connectivity index (χ1n) is 8.74. The van der Waals surface area contributed by atoms with Gasteiger partial charge in [0.15, 0.2) is 17.3 Å². The largest absolute Gasteiger partial charge is 0.485 e. The van der Waals surface area contributed by atoms with Gasteiger partial charge in [0.25, 0.3) is 0 Å². The van der Waals surface area contributed by atoms with E-state index in [2.05, 4.69) is 0 Å². The third kappa shape index (κ3) is 5.29. The molecule has 0 fully saturated rings.